The minimum absolute atomic E-state index is 0.241. The molecule has 9 nitrogen and oxygen atoms in total. The lowest BCUT2D eigenvalue weighted by Gasteiger charge is -2.46. The number of ether oxygens (including phenoxy) is 1. The number of aromatic nitrogens is 2. The van der Waals surface area contributed by atoms with Crippen LogP contribution < -0.4 is 16.4 Å². The second kappa shape index (κ2) is 3.25. The number of nitrogens with two attached hydrogens (primary N) is 1. The van der Waals surface area contributed by atoms with E-state index < -0.39 is 36.0 Å². The minimum Gasteiger partial charge on any atom is -0.394 e. The number of hydrogen-bond donors (Lipinski definition) is 5. The maximum Gasteiger partial charge on any atom is 0.276 e. The van der Waals surface area contributed by atoms with Crippen LogP contribution >= 0.6 is 0 Å². The molecule has 0 spiro atoms. The standard InChI is InChI=1S/C10H13N5O4/c11-10-4-6(17)3(1-16)19-9(4)15-2-12-5(7(15)13-10)8(18)14-10/h2-4,6,9,13,16-17H,1,11H2,(H,14,18)/t3-,4?,6?,9-,10?/m1/s1. The number of carbonyl (C=O) groups excluding carboxylic acids is 1. The Hall–Kier alpha value is -1.68. The molecule has 0 saturated carbocycles. The third-order valence-electron chi connectivity index (χ3n) is 4.00. The van der Waals surface area contributed by atoms with Crippen molar-refractivity contribution in [1.82, 2.24) is 14.9 Å². The first-order chi connectivity index (χ1) is 9.05. The van der Waals surface area contributed by atoms with Crippen LogP contribution in [0.25, 0.3) is 0 Å². The van der Waals surface area contributed by atoms with Crippen LogP contribution in [0.4, 0.5) is 5.82 Å². The molecule has 3 aliphatic heterocycles. The van der Waals surface area contributed by atoms with Crippen LogP contribution in [0.5, 0.6) is 0 Å². The van der Waals surface area contributed by atoms with E-state index in [0.29, 0.717) is 5.82 Å². The van der Waals surface area contributed by atoms with Gasteiger partial charge in [0.1, 0.15) is 18.1 Å². The van der Waals surface area contributed by atoms with Crippen LogP contribution in [0, 0.1) is 5.92 Å². The molecule has 1 aromatic heterocycles. The topological polar surface area (TPSA) is 135 Å². The van der Waals surface area contributed by atoms with Gasteiger partial charge >= 0.3 is 0 Å². The molecule has 0 aliphatic carbocycles. The quantitative estimate of drug-likeness (QED) is 0.380. The van der Waals surface area contributed by atoms with Crippen molar-refractivity contribution in [3.05, 3.63) is 12.0 Å². The Labute approximate surface area is 107 Å². The maximum absolute atomic E-state index is 11.9. The summed E-state index contributed by atoms with van der Waals surface area (Å²) in [5.74, 6) is -1.86. The second-order valence-electron chi connectivity index (χ2n) is 5.06. The number of fused-ring (bicyclic) bond motifs is 4. The molecule has 3 unspecified atom stereocenters. The van der Waals surface area contributed by atoms with Gasteiger partial charge in [-0.25, -0.2) is 4.98 Å². The van der Waals surface area contributed by atoms with Crippen molar-refractivity contribution in [3.8, 4) is 0 Å². The van der Waals surface area contributed by atoms with Gasteiger partial charge in [0.05, 0.1) is 25.0 Å². The molecule has 3 aliphatic rings. The molecule has 6 N–H and O–H groups in total. The highest BCUT2D eigenvalue weighted by atomic mass is 16.5. The first-order valence-electron chi connectivity index (χ1n) is 5.96. The number of nitrogens with one attached hydrogen (secondary N) is 2. The third-order valence-corrected chi connectivity index (χ3v) is 4.00. The van der Waals surface area contributed by atoms with E-state index in [2.05, 4.69) is 15.6 Å². The summed E-state index contributed by atoms with van der Waals surface area (Å²) in [6, 6.07) is 0. The summed E-state index contributed by atoms with van der Waals surface area (Å²) >= 11 is 0. The van der Waals surface area contributed by atoms with Gasteiger partial charge in [0, 0.05) is 0 Å². The van der Waals surface area contributed by atoms with E-state index >= 15 is 0 Å². The summed E-state index contributed by atoms with van der Waals surface area (Å²) in [5.41, 5.74) is 6.39. The van der Waals surface area contributed by atoms with Crippen LogP contribution in [-0.2, 0) is 4.74 Å². The number of amides is 1. The van der Waals surface area contributed by atoms with Gasteiger partial charge in [0.2, 0.25) is 0 Å². The zero-order valence-corrected chi connectivity index (χ0v) is 9.78. The molecule has 0 radical (unpaired) electrons. The number of carbonyl (C=O) groups is 1. The van der Waals surface area contributed by atoms with Crippen LogP contribution in [0.1, 0.15) is 16.7 Å². The van der Waals surface area contributed by atoms with Crippen LogP contribution in [-0.4, -0.2) is 50.3 Å². The van der Waals surface area contributed by atoms with Gasteiger partial charge in [-0.05, 0) is 0 Å². The van der Waals surface area contributed by atoms with Gasteiger partial charge < -0.3 is 25.6 Å². The Morgan fingerprint density at radius 2 is 2.37 bits per heavy atom. The van der Waals surface area contributed by atoms with Crippen molar-refractivity contribution >= 4 is 11.7 Å². The molecule has 1 saturated heterocycles. The average Bonchev–Trinajstić information content (AvgIpc) is 2.90. The molecule has 1 amide bonds. The largest absolute Gasteiger partial charge is 0.394 e. The predicted molar refractivity (Wildman–Crippen MR) is 60.7 cm³/mol. The molecule has 9 heteroatoms. The fraction of sp³-hybridized carbons (Fsp3) is 0.600. The van der Waals surface area contributed by atoms with E-state index in [1.807, 2.05) is 0 Å². The number of hydrogen-bond acceptors (Lipinski definition) is 7. The maximum atomic E-state index is 11.9. The fourth-order valence-electron chi connectivity index (χ4n) is 3.11. The molecular formula is C10H13N5O4. The molecule has 4 rings (SSSR count). The van der Waals surface area contributed by atoms with Crippen LogP contribution in [0.3, 0.4) is 0 Å². The molecule has 1 fully saturated rings. The van der Waals surface area contributed by atoms with Gasteiger partial charge in [-0.3, -0.25) is 15.1 Å². The van der Waals surface area contributed by atoms with Gasteiger partial charge in [-0.2, -0.15) is 0 Å². The number of rotatable bonds is 1. The molecule has 4 heterocycles. The molecule has 19 heavy (non-hydrogen) atoms. The van der Waals surface area contributed by atoms with Crippen LogP contribution in [0.15, 0.2) is 6.33 Å². The van der Waals surface area contributed by atoms with E-state index in [1.54, 1.807) is 4.57 Å². The average molecular weight is 267 g/mol. The first-order valence-corrected chi connectivity index (χ1v) is 5.96. The first kappa shape index (κ1) is 11.2. The van der Waals surface area contributed by atoms with E-state index in [0.717, 1.165) is 0 Å². The highest BCUT2D eigenvalue weighted by Gasteiger charge is 2.60. The molecule has 2 bridgehead atoms. The van der Waals surface area contributed by atoms with Gasteiger partial charge in [-0.1, -0.05) is 0 Å². The molecule has 1 aromatic rings. The SMILES string of the molecule is NC12NC(=O)c3ncn(c3N1)[C@@H]1O[C@H](CO)C(O)C12. The Balaban J connectivity index is 1.90. The highest BCUT2D eigenvalue weighted by Crippen LogP contribution is 2.46. The molecule has 0 aromatic carbocycles. The van der Waals surface area contributed by atoms with Gasteiger partial charge in [-0.15, -0.1) is 0 Å². The van der Waals surface area contributed by atoms with E-state index in [9.17, 15) is 15.0 Å². The van der Waals surface area contributed by atoms with Crippen molar-refractivity contribution in [3.63, 3.8) is 0 Å². The highest BCUT2D eigenvalue weighted by molar-refractivity contribution is 6.00. The van der Waals surface area contributed by atoms with Gasteiger partial charge in [0.15, 0.2) is 11.5 Å². The Bertz CT molecular complexity index is 574. The number of anilines is 1. The zero-order valence-electron chi connectivity index (χ0n) is 9.78. The smallest absolute Gasteiger partial charge is 0.276 e. The van der Waals surface area contributed by atoms with Crippen molar-refractivity contribution in [1.29, 1.82) is 0 Å². The van der Waals surface area contributed by atoms with E-state index in [1.165, 1.54) is 6.33 Å². The lowest BCUT2D eigenvalue weighted by Crippen LogP contribution is -2.72. The monoisotopic (exact) mass is 267 g/mol. The zero-order chi connectivity index (χ0) is 13.4. The van der Waals surface area contributed by atoms with Crippen molar-refractivity contribution in [2.75, 3.05) is 11.9 Å². The van der Waals surface area contributed by atoms with E-state index in [4.69, 9.17) is 10.5 Å². The summed E-state index contributed by atoms with van der Waals surface area (Å²) in [6.07, 6.45) is -0.849. The summed E-state index contributed by atoms with van der Waals surface area (Å²) < 4.78 is 7.25. The second-order valence-corrected chi connectivity index (χ2v) is 5.06. The predicted octanol–water partition coefficient (Wildman–Crippen LogP) is -2.47. The minimum atomic E-state index is -1.31. The number of imidazole rings is 1. The number of aliphatic hydroxyl groups excluding tert-OH is 2. The summed E-state index contributed by atoms with van der Waals surface area (Å²) in [5, 5.41) is 25.0. The fourth-order valence-corrected chi connectivity index (χ4v) is 3.11. The van der Waals surface area contributed by atoms with E-state index in [-0.39, 0.29) is 12.3 Å². The molecule has 5 atom stereocenters. The van der Waals surface area contributed by atoms with Crippen molar-refractivity contribution in [2.24, 2.45) is 11.7 Å². The Morgan fingerprint density at radius 3 is 3.11 bits per heavy atom. The van der Waals surface area contributed by atoms with Crippen molar-refractivity contribution < 1.29 is 19.7 Å². The Morgan fingerprint density at radius 1 is 1.58 bits per heavy atom. The summed E-state index contributed by atoms with van der Waals surface area (Å²) in [4.78, 5) is 15.9. The van der Waals surface area contributed by atoms with Gasteiger partial charge in [0.25, 0.3) is 5.91 Å². The third kappa shape index (κ3) is 1.18. The Kier molecular flexibility index (Phi) is 1.91. The molecule has 102 valence electrons. The lowest BCUT2D eigenvalue weighted by molar-refractivity contribution is -0.0513. The summed E-state index contributed by atoms with van der Waals surface area (Å²) in [6.45, 7) is -0.324. The lowest BCUT2D eigenvalue weighted by atomic mass is 9.89. The summed E-state index contributed by atoms with van der Waals surface area (Å²) in [7, 11) is 0. The molecular weight excluding hydrogens is 254 g/mol. The number of nitrogens with zero attached hydrogens (tertiary/aromatic N) is 2. The van der Waals surface area contributed by atoms with Crippen molar-refractivity contribution in [2.45, 2.75) is 24.2 Å². The number of aliphatic hydroxyl groups is 2. The normalized spacial score (nSPS) is 42.6. The van der Waals surface area contributed by atoms with Crippen LogP contribution in [0.2, 0.25) is 0 Å².